The highest BCUT2D eigenvalue weighted by Crippen LogP contribution is 2.14. The Hall–Kier alpha value is 1.14. The van der Waals surface area contributed by atoms with Gasteiger partial charge in [-0.25, -0.2) is 0 Å². The molecule has 0 fully saturated rings. The molecule has 0 heterocycles. The van der Waals surface area contributed by atoms with Crippen LogP contribution in [0, 0.1) is 0 Å². The van der Waals surface area contributed by atoms with E-state index in [9.17, 15) is 0 Å². The van der Waals surface area contributed by atoms with Crippen molar-refractivity contribution in [3.63, 3.8) is 0 Å². The molecule has 0 bridgehead atoms. The summed E-state index contributed by atoms with van der Waals surface area (Å²) in [7, 11) is 2.06. The molecule has 53 valence electrons. The zero-order valence-electron chi connectivity index (χ0n) is 5.48. The fourth-order valence-electron chi connectivity index (χ4n) is 0.386. The van der Waals surface area contributed by atoms with Gasteiger partial charge in [-0.15, -0.1) is 0 Å². The van der Waals surface area contributed by atoms with Crippen molar-refractivity contribution in [1.29, 1.82) is 0 Å². The van der Waals surface area contributed by atoms with Gasteiger partial charge in [0, 0.05) is 13.2 Å². The number of hydrogen-bond donors (Lipinski definition) is 1. The summed E-state index contributed by atoms with van der Waals surface area (Å²) in [5, 5.41) is 3.12. The van der Waals surface area contributed by atoms with Gasteiger partial charge in [0.05, 0.1) is 6.61 Å². The highest BCUT2D eigenvalue weighted by Gasteiger charge is 1.85. The third kappa shape index (κ3) is 9.14. The van der Waals surface area contributed by atoms with Crippen LogP contribution in [0.5, 0.6) is 0 Å². The molecule has 1 unspecified atom stereocenters. The normalized spacial score (nSPS) is 10.9. The molecule has 1 radical (unpaired) electrons. The van der Waals surface area contributed by atoms with E-state index in [2.05, 4.69) is 34.4 Å². The molecule has 0 aromatic rings. The number of hydrogen-bond acceptors (Lipinski definition) is 2. The number of nitrogens with one attached hydrogen (secondary N) is 1. The van der Waals surface area contributed by atoms with E-state index in [1.807, 2.05) is 6.92 Å². The molecule has 0 aliphatic carbocycles. The smallest absolute Gasteiger partial charge is 0.248 e. The molecule has 0 amide bonds. The van der Waals surface area contributed by atoms with Gasteiger partial charge in [0.25, 0.3) is 0 Å². The van der Waals surface area contributed by atoms with Crippen molar-refractivity contribution >= 4 is 35.3 Å². The monoisotopic (exact) mass is 258 g/mol. The Bertz CT molecular complexity index is 53.8. The van der Waals surface area contributed by atoms with E-state index < -0.39 is 0 Å². The van der Waals surface area contributed by atoms with Gasteiger partial charge in [0.2, 0.25) is 7.13 Å². The summed E-state index contributed by atoms with van der Waals surface area (Å²) in [6.45, 7) is 4.57. The van der Waals surface area contributed by atoms with E-state index in [0.29, 0.717) is 0 Å². The number of halogens is 1. The topological polar surface area (TPSA) is 21.3 Å². The Morgan fingerprint density at radius 1 is 1.78 bits per heavy atom. The maximum absolute atomic E-state index is 5.10. The van der Waals surface area contributed by atoms with Crippen molar-refractivity contribution in [2.45, 2.75) is 6.92 Å². The first-order valence-corrected chi connectivity index (χ1v) is 7.10. The summed E-state index contributed by atoms with van der Waals surface area (Å²) in [4.78, 5) is 0. The summed E-state index contributed by atoms with van der Waals surface area (Å²) >= 11 is 2.32. The maximum Gasteiger partial charge on any atom is 0.248 e. The Labute approximate surface area is 72.0 Å². The van der Waals surface area contributed by atoms with Crippen LogP contribution in [-0.2, 0) is 4.74 Å². The zero-order valence-corrected chi connectivity index (χ0v) is 8.64. The van der Waals surface area contributed by atoms with Crippen LogP contribution >= 0.6 is 28.1 Å². The van der Waals surface area contributed by atoms with Crippen molar-refractivity contribution in [2.24, 2.45) is 0 Å². The standard InChI is InChI=1S/C4H11BINOP/c1-2-8-4-3-7-5-9-6/h7,9H,2-4H2,1H3. The average Bonchev–Trinajstić information content (AvgIpc) is 1.89. The highest BCUT2D eigenvalue weighted by atomic mass is 127. The Kier molecular flexibility index (Phi) is 10.3. The van der Waals surface area contributed by atoms with E-state index in [1.54, 1.807) is 0 Å². The molecule has 0 saturated heterocycles. The molecule has 0 aliphatic rings. The van der Waals surface area contributed by atoms with Crippen LogP contribution in [0.1, 0.15) is 6.92 Å². The molecule has 0 aromatic heterocycles. The van der Waals surface area contributed by atoms with Crippen LogP contribution < -0.4 is 5.23 Å². The van der Waals surface area contributed by atoms with Gasteiger partial charge in [-0.3, -0.25) is 0 Å². The van der Waals surface area contributed by atoms with Gasteiger partial charge >= 0.3 is 0 Å². The molecule has 0 rings (SSSR count). The molecule has 9 heavy (non-hydrogen) atoms. The van der Waals surface area contributed by atoms with Crippen molar-refractivity contribution in [1.82, 2.24) is 5.23 Å². The highest BCUT2D eigenvalue weighted by molar-refractivity contribution is 14.2. The average molecular weight is 258 g/mol. The van der Waals surface area contributed by atoms with Gasteiger partial charge in [-0.05, 0) is 6.92 Å². The van der Waals surface area contributed by atoms with E-state index >= 15 is 0 Å². The lowest BCUT2D eigenvalue weighted by molar-refractivity contribution is 0.153. The van der Waals surface area contributed by atoms with Crippen molar-refractivity contribution < 1.29 is 4.74 Å². The molecular weight excluding hydrogens is 247 g/mol. The number of ether oxygens (including phenoxy) is 1. The van der Waals surface area contributed by atoms with Crippen LogP contribution in [-0.4, -0.2) is 26.9 Å². The summed E-state index contributed by atoms with van der Waals surface area (Å²) in [5.41, 5.74) is 0. The minimum atomic E-state index is 0.814. The summed E-state index contributed by atoms with van der Waals surface area (Å²) in [6, 6.07) is 0. The minimum absolute atomic E-state index is 0.814. The lowest BCUT2D eigenvalue weighted by Crippen LogP contribution is -2.20. The second-order valence-electron chi connectivity index (χ2n) is 1.40. The van der Waals surface area contributed by atoms with Crippen LogP contribution in [0.15, 0.2) is 0 Å². The maximum atomic E-state index is 5.10. The van der Waals surface area contributed by atoms with Gasteiger partial charge < -0.3 is 9.96 Å². The van der Waals surface area contributed by atoms with Crippen molar-refractivity contribution in [3.05, 3.63) is 0 Å². The first kappa shape index (κ1) is 10.1. The third-order valence-corrected chi connectivity index (χ3v) is 2.00. The predicted molar refractivity (Wildman–Crippen MR) is 52.6 cm³/mol. The van der Waals surface area contributed by atoms with E-state index in [-0.39, 0.29) is 0 Å². The molecule has 0 spiro atoms. The van der Waals surface area contributed by atoms with Gasteiger partial charge in [0.15, 0.2) is 0 Å². The van der Waals surface area contributed by atoms with Crippen LogP contribution in [0.4, 0.5) is 0 Å². The molecular formula is C4H11BINOP. The Balaban J connectivity index is 2.60. The van der Waals surface area contributed by atoms with E-state index in [4.69, 9.17) is 4.74 Å². The third-order valence-electron chi connectivity index (χ3n) is 0.751. The Morgan fingerprint density at radius 3 is 3.11 bits per heavy atom. The SMILES string of the molecule is CCOCCN[B]PI. The molecule has 0 saturated carbocycles. The second-order valence-corrected chi connectivity index (χ2v) is 3.78. The Morgan fingerprint density at radius 2 is 2.56 bits per heavy atom. The molecule has 5 heteroatoms. The molecule has 1 N–H and O–H groups in total. The first-order valence-electron chi connectivity index (χ1n) is 2.90. The van der Waals surface area contributed by atoms with Gasteiger partial charge in [-0.1, -0.05) is 28.1 Å². The number of rotatable bonds is 6. The fraction of sp³-hybridized carbons (Fsp3) is 1.00. The molecule has 0 aliphatic heterocycles. The predicted octanol–water partition coefficient (Wildman–Crippen LogP) is 1.18. The summed E-state index contributed by atoms with van der Waals surface area (Å²) in [5.74, 6) is 0. The van der Waals surface area contributed by atoms with E-state index in [1.165, 1.54) is 0 Å². The van der Waals surface area contributed by atoms with Crippen LogP contribution in [0.2, 0.25) is 0 Å². The summed E-state index contributed by atoms with van der Waals surface area (Å²) < 4.78 is 5.10. The van der Waals surface area contributed by atoms with Crippen molar-refractivity contribution in [2.75, 3.05) is 19.8 Å². The summed E-state index contributed by atoms with van der Waals surface area (Å²) in [6.07, 6.45) is 0.848. The van der Waals surface area contributed by atoms with Crippen LogP contribution in [0.25, 0.3) is 0 Å². The zero-order chi connectivity index (χ0) is 6.95. The first-order chi connectivity index (χ1) is 4.41. The molecule has 2 nitrogen and oxygen atoms in total. The lowest BCUT2D eigenvalue weighted by Gasteiger charge is -1.99. The fourth-order valence-corrected chi connectivity index (χ4v) is 1.27. The molecule has 0 aromatic carbocycles. The molecule has 1 atom stereocenters. The van der Waals surface area contributed by atoms with E-state index in [0.717, 1.165) is 25.9 Å². The van der Waals surface area contributed by atoms with Crippen LogP contribution in [0.3, 0.4) is 0 Å². The second kappa shape index (κ2) is 9.14. The van der Waals surface area contributed by atoms with Gasteiger partial charge in [0.1, 0.15) is 0 Å². The largest absolute Gasteiger partial charge is 0.380 e. The van der Waals surface area contributed by atoms with Gasteiger partial charge in [-0.2, -0.15) is 0 Å². The van der Waals surface area contributed by atoms with Crippen molar-refractivity contribution in [3.8, 4) is 0 Å². The lowest BCUT2D eigenvalue weighted by atomic mass is 10.4. The minimum Gasteiger partial charge on any atom is -0.380 e. The quantitative estimate of drug-likeness (QED) is 0.334.